The monoisotopic (exact) mass is 363 g/mol. The van der Waals surface area contributed by atoms with Crippen molar-refractivity contribution in [1.29, 1.82) is 0 Å². The molecule has 0 saturated heterocycles. The zero-order chi connectivity index (χ0) is 19.5. The fraction of sp³-hybridized carbons (Fsp3) is 0.667. The number of rotatable bonds is 7. The van der Waals surface area contributed by atoms with Crippen LogP contribution < -0.4 is 10.6 Å². The number of carbonyl (C=O) groups excluding carboxylic acids is 3. The summed E-state index contributed by atoms with van der Waals surface area (Å²) in [6, 6.07) is 1.49. The van der Waals surface area contributed by atoms with Crippen LogP contribution in [0, 0.1) is 5.92 Å². The molecule has 2 heterocycles. The number of carbonyl (C=O) groups is 3. The minimum atomic E-state index is -1.05. The van der Waals surface area contributed by atoms with E-state index in [4.69, 9.17) is 0 Å². The zero-order valence-corrected chi connectivity index (χ0v) is 16.3. The Bertz CT molecular complexity index is 697. The van der Waals surface area contributed by atoms with Gasteiger partial charge in [0.15, 0.2) is 5.69 Å². The van der Waals surface area contributed by atoms with Crippen molar-refractivity contribution in [3.8, 4) is 0 Å². The van der Waals surface area contributed by atoms with Crippen molar-refractivity contribution in [2.75, 3.05) is 20.1 Å². The van der Waals surface area contributed by atoms with Crippen LogP contribution in [-0.4, -0.2) is 58.1 Å². The number of hydrogen-bond acceptors (Lipinski definition) is 4. The van der Waals surface area contributed by atoms with E-state index in [1.807, 2.05) is 6.92 Å². The Morgan fingerprint density at radius 2 is 2.00 bits per heavy atom. The molecule has 0 radical (unpaired) electrons. The Hall–Kier alpha value is -2.38. The third kappa shape index (κ3) is 3.89. The minimum Gasteiger partial charge on any atom is -0.354 e. The van der Waals surface area contributed by atoms with E-state index in [0.717, 1.165) is 12.8 Å². The van der Waals surface area contributed by atoms with Crippen molar-refractivity contribution < 1.29 is 14.4 Å². The summed E-state index contributed by atoms with van der Waals surface area (Å²) in [5.41, 5.74) is -0.536. The van der Waals surface area contributed by atoms with Crippen molar-refractivity contribution in [3.05, 3.63) is 17.5 Å². The summed E-state index contributed by atoms with van der Waals surface area (Å²) in [6.45, 7) is 9.17. The molecule has 0 aromatic carbocycles. The Balaban J connectivity index is 2.20. The van der Waals surface area contributed by atoms with E-state index in [1.165, 1.54) is 15.6 Å². The molecule has 1 unspecified atom stereocenters. The van der Waals surface area contributed by atoms with Gasteiger partial charge in [-0.05, 0) is 25.7 Å². The molecule has 1 aromatic rings. The van der Waals surface area contributed by atoms with Gasteiger partial charge in [-0.2, -0.15) is 5.10 Å². The highest BCUT2D eigenvalue weighted by molar-refractivity contribution is 6.01. The zero-order valence-electron chi connectivity index (χ0n) is 16.3. The molecule has 0 aliphatic carbocycles. The Kier molecular flexibility index (Phi) is 6.05. The highest BCUT2D eigenvalue weighted by atomic mass is 16.2. The first kappa shape index (κ1) is 19.9. The van der Waals surface area contributed by atoms with Crippen LogP contribution in [0.1, 0.15) is 61.5 Å². The first-order valence-corrected chi connectivity index (χ1v) is 9.13. The molecular weight excluding hydrogens is 334 g/mol. The highest BCUT2D eigenvalue weighted by Gasteiger charge is 2.46. The fourth-order valence-electron chi connectivity index (χ4n) is 2.83. The predicted octanol–water partition coefficient (Wildman–Crippen LogP) is 1.03. The van der Waals surface area contributed by atoms with Gasteiger partial charge in [0.1, 0.15) is 11.2 Å². The molecule has 1 aliphatic rings. The molecule has 3 amide bonds. The smallest absolute Gasteiger partial charge is 0.272 e. The van der Waals surface area contributed by atoms with Crippen LogP contribution in [0.5, 0.6) is 0 Å². The largest absolute Gasteiger partial charge is 0.354 e. The summed E-state index contributed by atoms with van der Waals surface area (Å²) in [7, 11) is 1.61. The summed E-state index contributed by atoms with van der Waals surface area (Å²) < 4.78 is 1.46. The quantitative estimate of drug-likeness (QED) is 0.756. The molecule has 144 valence electrons. The van der Waals surface area contributed by atoms with E-state index in [9.17, 15) is 14.4 Å². The van der Waals surface area contributed by atoms with Gasteiger partial charge in [-0.1, -0.05) is 20.8 Å². The maximum Gasteiger partial charge on any atom is 0.272 e. The standard InChI is InChI=1S/C18H29N5O3/c1-6-8-19-15(24)13-10-14-16(25)22(5)18(4,11-23(14)21-13)17(26)20-9-7-12(2)3/h10,12H,6-9,11H2,1-5H3,(H,19,24)(H,20,26). The number of hydrogen-bond donors (Lipinski definition) is 2. The summed E-state index contributed by atoms with van der Waals surface area (Å²) in [5, 5.41) is 9.91. The van der Waals surface area contributed by atoms with Gasteiger partial charge in [-0.15, -0.1) is 0 Å². The van der Waals surface area contributed by atoms with E-state index in [2.05, 4.69) is 29.6 Å². The van der Waals surface area contributed by atoms with E-state index in [-0.39, 0.29) is 30.0 Å². The van der Waals surface area contributed by atoms with Gasteiger partial charge in [0, 0.05) is 26.2 Å². The number of aromatic nitrogens is 2. The lowest BCUT2D eigenvalue weighted by atomic mass is 9.95. The van der Waals surface area contributed by atoms with E-state index < -0.39 is 5.54 Å². The van der Waals surface area contributed by atoms with Crippen LogP contribution >= 0.6 is 0 Å². The van der Waals surface area contributed by atoms with Gasteiger partial charge in [-0.25, -0.2) is 0 Å². The molecule has 8 heteroatoms. The molecule has 0 bridgehead atoms. The van der Waals surface area contributed by atoms with Crippen molar-refractivity contribution in [2.45, 2.75) is 52.6 Å². The van der Waals surface area contributed by atoms with Crippen molar-refractivity contribution in [3.63, 3.8) is 0 Å². The first-order valence-electron chi connectivity index (χ1n) is 9.13. The minimum absolute atomic E-state index is 0.194. The van der Waals surface area contributed by atoms with Gasteiger partial charge < -0.3 is 15.5 Å². The first-order chi connectivity index (χ1) is 12.2. The molecule has 0 fully saturated rings. The van der Waals surface area contributed by atoms with Gasteiger partial charge in [0.25, 0.3) is 11.8 Å². The number of nitrogens with one attached hydrogen (secondary N) is 2. The van der Waals surface area contributed by atoms with Crippen molar-refractivity contribution in [1.82, 2.24) is 25.3 Å². The summed E-state index contributed by atoms with van der Waals surface area (Å²) >= 11 is 0. The number of likely N-dealkylation sites (N-methyl/N-ethyl adjacent to an activating group) is 1. The van der Waals surface area contributed by atoms with Crippen LogP contribution in [0.4, 0.5) is 0 Å². The third-order valence-corrected chi connectivity index (χ3v) is 4.77. The van der Waals surface area contributed by atoms with Crippen molar-refractivity contribution >= 4 is 17.7 Å². The van der Waals surface area contributed by atoms with Crippen LogP contribution in [0.25, 0.3) is 0 Å². The molecule has 2 N–H and O–H groups in total. The molecule has 0 spiro atoms. The van der Waals surface area contributed by atoms with Crippen molar-refractivity contribution in [2.24, 2.45) is 5.92 Å². The normalized spacial score (nSPS) is 19.5. The van der Waals surface area contributed by atoms with Crippen LogP contribution in [-0.2, 0) is 11.3 Å². The molecular formula is C18H29N5O3. The lowest BCUT2D eigenvalue weighted by Gasteiger charge is -2.40. The second kappa shape index (κ2) is 7.88. The Morgan fingerprint density at radius 3 is 2.62 bits per heavy atom. The molecule has 1 aromatic heterocycles. The molecule has 1 aliphatic heterocycles. The second-order valence-electron chi connectivity index (χ2n) is 7.40. The molecule has 1 atom stereocenters. The molecule has 8 nitrogen and oxygen atoms in total. The summed E-state index contributed by atoms with van der Waals surface area (Å²) in [5.74, 6) is -0.366. The Morgan fingerprint density at radius 1 is 1.31 bits per heavy atom. The summed E-state index contributed by atoms with van der Waals surface area (Å²) in [4.78, 5) is 39.0. The highest BCUT2D eigenvalue weighted by Crippen LogP contribution is 2.26. The maximum absolute atomic E-state index is 12.7. The molecule has 26 heavy (non-hydrogen) atoms. The number of fused-ring (bicyclic) bond motifs is 1. The second-order valence-corrected chi connectivity index (χ2v) is 7.40. The lowest BCUT2D eigenvalue weighted by molar-refractivity contribution is -0.132. The van der Waals surface area contributed by atoms with E-state index in [1.54, 1.807) is 14.0 Å². The maximum atomic E-state index is 12.7. The van der Waals surface area contributed by atoms with Crippen LogP contribution in [0.2, 0.25) is 0 Å². The number of nitrogens with zero attached hydrogens (tertiary/aromatic N) is 3. The fourth-order valence-corrected chi connectivity index (χ4v) is 2.83. The van der Waals surface area contributed by atoms with Gasteiger partial charge in [-0.3, -0.25) is 19.1 Å². The topological polar surface area (TPSA) is 96.3 Å². The predicted molar refractivity (Wildman–Crippen MR) is 97.8 cm³/mol. The molecule has 0 saturated carbocycles. The third-order valence-electron chi connectivity index (χ3n) is 4.77. The SMILES string of the molecule is CCCNC(=O)c1cc2n(n1)CC(C)(C(=O)NCCC(C)C)N(C)C2=O. The molecule has 2 rings (SSSR count). The van der Waals surface area contributed by atoms with Gasteiger partial charge in [0.2, 0.25) is 5.91 Å². The van der Waals surface area contributed by atoms with Crippen LogP contribution in [0.15, 0.2) is 6.07 Å². The lowest BCUT2D eigenvalue weighted by Crippen LogP contribution is -2.62. The van der Waals surface area contributed by atoms with E-state index in [0.29, 0.717) is 24.7 Å². The Labute approximate surface area is 154 Å². The van der Waals surface area contributed by atoms with Gasteiger partial charge >= 0.3 is 0 Å². The average molecular weight is 363 g/mol. The average Bonchev–Trinajstić information content (AvgIpc) is 3.01. The summed E-state index contributed by atoms with van der Waals surface area (Å²) in [6.07, 6.45) is 1.68. The van der Waals surface area contributed by atoms with Gasteiger partial charge in [0.05, 0.1) is 6.54 Å². The van der Waals surface area contributed by atoms with E-state index >= 15 is 0 Å². The number of amides is 3. The van der Waals surface area contributed by atoms with Crippen LogP contribution in [0.3, 0.4) is 0 Å².